The average Bonchev–Trinajstić information content (AvgIpc) is 2.80. The van der Waals surface area contributed by atoms with Gasteiger partial charge < -0.3 is 5.32 Å². The van der Waals surface area contributed by atoms with Crippen molar-refractivity contribution in [3.63, 3.8) is 0 Å². The Hall–Kier alpha value is -1.75. The highest BCUT2D eigenvalue weighted by atomic mass is 15.5. The number of rotatable bonds is 6. The maximum Gasteiger partial charge on any atom is 0.165 e. The van der Waals surface area contributed by atoms with Gasteiger partial charge in [-0.2, -0.15) is 0 Å². The molecule has 0 unspecified atom stereocenters. The molecule has 0 amide bonds. The van der Waals surface area contributed by atoms with Gasteiger partial charge in [-0.15, -0.1) is 5.10 Å². The Balaban J connectivity index is 2.05. The minimum absolute atomic E-state index is 0.715. The van der Waals surface area contributed by atoms with Crippen LogP contribution in [0.15, 0.2) is 24.3 Å². The molecule has 0 aliphatic heterocycles. The maximum absolute atomic E-state index is 4.05. The molecule has 0 fully saturated rings. The van der Waals surface area contributed by atoms with E-state index in [0.29, 0.717) is 6.54 Å². The molecule has 0 aliphatic carbocycles. The third kappa shape index (κ3) is 3.13. The topological polar surface area (TPSA) is 55.6 Å². The normalized spacial score (nSPS) is 10.8. The second-order valence-corrected chi connectivity index (χ2v) is 4.36. The van der Waals surface area contributed by atoms with Gasteiger partial charge >= 0.3 is 0 Å². The minimum atomic E-state index is 0.715. The second-order valence-electron chi connectivity index (χ2n) is 4.36. The monoisotopic (exact) mass is 245 g/mol. The highest BCUT2D eigenvalue weighted by Gasteiger charge is 2.07. The van der Waals surface area contributed by atoms with Crippen LogP contribution < -0.4 is 5.32 Å². The number of tetrazole rings is 1. The molecular weight excluding hydrogens is 226 g/mol. The molecule has 0 bridgehead atoms. The molecule has 1 aromatic carbocycles. The van der Waals surface area contributed by atoms with Crippen molar-refractivity contribution in [3.8, 4) is 0 Å². The summed E-state index contributed by atoms with van der Waals surface area (Å²) in [6.07, 6.45) is 1.11. The van der Waals surface area contributed by atoms with Gasteiger partial charge in [-0.3, -0.25) is 0 Å². The molecule has 0 saturated carbocycles. The van der Waals surface area contributed by atoms with Crippen molar-refractivity contribution in [3.05, 3.63) is 41.2 Å². The van der Waals surface area contributed by atoms with Crippen LogP contribution in [0.2, 0.25) is 0 Å². The molecular formula is C13H19N5. The fourth-order valence-electron chi connectivity index (χ4n) is 1.80. The van der Waals surface area contributed by atoms with Crippen LogP contribution in [-0.2, 0) is 13.1 Å². The summed E-state index contributed by atoms with van der Waals surface area (Å²) in [5.41, 5.74) is 2.52. The highest BCUT2D eigenvalue weighted by Crippen LogP contribution is 2.09. The molecule has 18 heavy (non-hydrogen) atoms. The van der Waals surface area contributed by atoms with E-state index in [1.54, 1.807) is 0 Å². The Morgan fingerprint density at radius 2 is 2.11 bits per heavy atom. The molecule has 0 aliphatic rings. The lowest BCUT2D eigenvalue weighted by atomic mass is 10.1. The lowest BCUT2D eigenvalue weighted by molar-refractivity contribution is 0.576. The van der Waals surface area contributed by atoms with Gasteiger partial charge in [0.1, 0.15) is 0 Å². The molecule has 5 heteroatoms. The summed E-state index contributed by atoms with van der Waals surface area (Å²) in [5, 5.41) is 15.2. The Morgan fingerprint density at radius 1 is 1.28 bits per heavy atom. The third-order valence-electron chi connectivity index (χ3n) is 2.90. The van der Waals surface area contributed by atoms with Gasteiger partial charge in [0, 0.05) is 0 Å². The summed E-state index contributed by atoms with van der Waals surface area (Å²) in [6.45, 7) is 6.67. The van der Waals surface area contributed by atoms with Crippen LogP contribution in [0.3, 0.4) is 0 Å². The van der Waals surface area contributed by atoms with E-state index in [1.165, 1.54) is 11.1 Å². The summed E-state index contributed by atoms with van der Waals surface area (Å²) >= 11 is 0. The van der Waals surface area contributed by atoms with Gasteiger partial charge in [0.05, 0.1) is 13.1 Å². The zero-order valence-corrected chi connectivity index (χ0v) is 10.9. The van der Waals surface area contributed by atoms with E-state index in [4.69, 9.17) is 0 Å². The van der Waals surface area contributed by atoms with Gasteiger partial charge in [0.25, 0.3) is 0 Å². The fraction of sp³-hybridized carbons (Fsp3) is 0.462. The molecule has 5 nitrogen and oxygen atoms in total. The van der Waals surface area contributed by atoms with Crippen LogP contribution >= 0.6 is 0 Å². The Bertz CT molecular complexity index is 492. The van der Waals surface area contributed by atoms with Crippen LogP contribution in [0.4, 0.5) is 0 Å². The summed E-state index contributed by atoms with van der Waals surface area (Å²) < 4.78 is 1.85. The van der Waals surface area contributed by atoms with Gasteiger partial charge in [-0.25, -0.2) is 4.68 Å². The predicted octanol–water partition coefficient (Wildman–Crippen LogP) is 1.53. The lowest BCUT2D eigenvalue weighted by Crippen LogP contribution is -2.18. The van der Waals surface area contributed by atoms with Crippen LogP contribution in [0.25, 0.3) is 0 Å². The Labute approximate surface area is 107 Å². The van der Waals surface area contributed by atoms with Crippen LogP contribution in [0.5, 0.6) is 0 Å². The molecule has 1 N–H and O–H groups in total. The molecule has 0 saturated heterocycles. The number of benzene rings is 1. The van der Waals surface area contributed by atoms with E-state index in [2.05, 4.69) is 46.8 Å². The fourth-order valence-corrected chi connectivity index (χ4v) is 1.80. The molecule has 0 atom stereocenters. The largest absolute Gasteiger partial charge is 0.310 e. The standard InChI is InChI=1S/C13H19N5/c1-3-8-14-9-13-15-16-17-18(13)10-12-7-5-4-6-11(12)2/h4-7,14H,3,8-10H2,1-2H3. The third-order valence-corrected chi connectivity index (χ3v) is 2.90. The summed E-state index contributed by atoms with van der Waals surface area (Å²) in [5.74, 6) is 0.881. The Kier molecular flexibility index (Phi) is 4.41. The molecule has 2 rings (SSSR count). The van der Waals surface area contributed by atoms with Gasteiger partial charge in [-0.05, 0) is 41.4 Å². The zero-order chi connectivity index (χ0) is 12.8. The second kappa shape index (κ2) is 6.26. The van der Waals surface area contributed by atoms with Crippen LogP contribution in [0.1, 0.15) is 30.3 Å². The van der Waals surface area contributed by atoms with Crippen molar-refractivity contribution in [2.45, 2.75) is 33.4 Å². The van der Waals surface area contributed by atoms with E-state index < -0.39 is 0 Å². The smallest absolute Gasteiger partial charge is 0.165 e. The number of aryl methyl sites for hydroxylation is 1. The van der Waals surface area contributed by atoms with Gasteiger partial charge in [0.15, 0.2) is 5.82 Å². The quantitative estimate of drug-likeness (QED) is 0.784. The molecule has 2 aromatic rings. The first-order valence-corrected chi connectivity index (χ1v) is 6.31. The van der Waals surface area contributed by atoms with Crippen molar-refractivity contribution in [1.82, 2.24) is 25.5 Å². The number of nitrogens with one attached hydrogen (secondary N) is 1. The summed E-state index contributed by atoms with van der Waals surface area (Å²) in [7, 11) is 0. The molecule has 1 aromatic heterocycles. The van der Waals surface area contributed by atoms with E-state index in [-0.39, 0.29) is 0 Å². The highest BCUT2D eigenvalue weighted by molar-refractivity contribution is 5.25. The lowest BCUT2D eigenvalue weighted by Gasteiger charge is -2.07. The van der Waals surface area contributed by atoms with E-state index in [9.17, 15) is 0 Å². The van der Waals surface area contributed by atoms with Crippen molar-refractivity contribution < 1.29 is 0 Å². The SMILES string of the molecule is CCCNCc1nnnn1Cc1ccccc1C. The van der Waals surface area contributed by atoms with Crippen molar-refractivity contribution >= 4 is 0 Å². The first-order chi connectivity index (χ1) is 8.81. The van der Waals surface area contributed by atoms with Gasteiger partial charge in [-0.1, -0.05) is 31.2 Å². The molecule has 96 valence electrons. The van der Waals surface area contributed by atoms with E-state index in [1.807, 2.05) is 16.8 Å². The minimum Gasteiger partial charge on any atom is -0.310 e. The first kappa shape index (κ1) is 12.7. The summed E-state index contributed by atoms with van der Waals surface area (Å²) in [4.78, 5) is 0. The summed E-state index contributed by atoms with van der Waals surface area (Å²) in [6, 6.07) is 8.30. The van der Waals surface area contributed by atoms with Crippen LogP contribution in [-0.4, -0.2) is 26.8 Å². The van der Waals surface area contributed by atoms with Crippen molar-refractivity contribution in [1.29, 1.82) is 0 Å². The van der Waals surface area contributed by atoms with Crippen LogP contribution in [0, 0.1) is 6.92 Å². The van der Waals surface area contributed by atoms with E-state index in [0.717, 1.165) is 25.3 Å². The molecule has 0 radical (unpaired) electrons. The maximum atomic E-state index is 4.05. The van der Waals surface area contributed by atoms with Gasteiger partial charge in [0.2, 0.25) is 0 Å². The van der Waals surface area contributed by atoms with Crippen molar-refractivity contribution in [2.24, 2.45) is 0 Å². The van der Waals surface area contributed by atoms with Crippen molar-refractivity contribution in [2.75, 3.05) is 6.54 Å². The zero-order valence-electron chi connectivity index (χ0n) is 10.9. The molecule has 0 spiro atoms. The van der Waals surface area contributed by atoms with E-state index >= 15 is 0 Å². The number of hydrogen-bond acceptors (Lipinski definition) is 4. The Morgan fingerprint density at radius 3 is 2.89 bits per heavy atom. The number of nitrogens with zero attached hydrogens (tertiary/aromatic N) is 4. The molecule has 1 heterocycles. The average molecular weight is 245 g/mol. The first-order valence-electron chi connectivity index (χ1n) is 6.31. The number of aromatic nitrogens is 4. The number of hydrogen-bond donors (Lipinski definition) is 1. The predicted molar refractivity (Wildman–Crippen MR) is 70.1 cm³/mol.